The number of carbonyl (C=O) groups is 1. The smallest absolute Gasteiger partial charge is 0.305 e. The van der Waals surface area contributed by atoms with E-state index in [0.29, 0.717) is 24.4 Å². The molecule has 0 bridgehead atoms. The molecule has 1 saturated heterocycles. The SMILES string of the molecule is C=CC1C[C@]2(C)[C@H](CC[C@]3(C)C(CCC(=O)OC)C(=C)CC[C@@H]23)O1. The Morgan fingerprint density at radius 1 is 1.38 bits per heavy atom. The van der Waals surface area contributed by atoms with Crippen molar-refractivity contribution in [3.05, 3.63) is 24.8 Å². The Balaban J connectivity index is 1.85. The summed E-state index contributed by atoms with van der Waals surface area (Å²) in [7, 11) is 1.47. The second-order valence-corrected chi connectivity index (χ2v) is 8.57. The molecule has 6 atom stereocenters. The van der Waals surface area contributed by atoms with E-state index in [9.17, 15) is 4.79 Å². The van der Waals surface area contributed by atoms with Gasteiger partial charge in [0.2, 0.25) is 0 Å². The van der Waals surface area contributed by atoms with E-state index in [-0.39, 0.29) is 22.9 Å². The first-order valence-corrected chi connectivity index (χ1v) is 9.37. The van der Waals surface area contributed by atoms with Crippen LogP contribution in [-0.2, 0) is 14.3 Å². The molecule has 1 aliphatic heterocycles. The largest absolute Gasteiger partial charge is 0.469 e. The summed E-state index contributed by atoms with van der Waals surface area (Å²) in [6, 6.07) is 0. The molecule has 0 aromatic carbocycles. The van der Waals surface area contributed by atoms with Crippen molar-refractivity contribution in [3.63, 3.8) is 0 Å². The second kappa shape index (κ2) is 6.33. The van der Waals surface area contributed by atoms with Gasteiger partial charge in [-0.05, 0) is 61.2 Å². The van der Waals surface area contributed by atoms with Crippen molar-refractivity contribution in [2.75, 3.05) is 7.11 Å². The van der Waals surface area contributed by atoms with Gasteiger partial charge in [0.25, 0.3) is 0 Å². The molecule has 2 unspecified atom stereocenters. The molecule has 24 heavy (non-hydrogen) atoms. The van der Waals surface area contributed by atoms with E-state index in [4.69, 9.17) is 9.47 Å². The van der Waals surface area contributed by atoms with Crippen LogP contribution in [0.4, 0.5) is 0 Å². The van der Waals surface area contributed by atoms with Crippen LogP contribution in [0.1, 0.15) is 58.8 Å². The summed E-state index contributed by atoms with van der Waals surface area (Å²) >= 11 is 0. The Morgan fingerprint density at radius 2 is 2.12 bits per heavy atom. The third kappa shape index (κ3) is 2.65. The fraction of sp³-hybridized carbons (Fsp3) is 0.762. The van der Waals surface area contributed by atoms with Crippen LogP contribution in [0.15, 0.2) is 24.8 Å². The third-order valence-corrected chi connectivity index (χ3v) is 7.42. The van der Waals surface area contributed by atoms with E-state index in [1.807, 2.05) is 6.08 Å². The van der Waals surface area contributed by atoms with Gasteiger partial charge in [0.15, 0.2) is 0 Å². The van der Waals surface area contributed by atoms with E-state index in [0.717, 1.165) is 32.1 Å². The highest BCUT2D eigenvalue weighted by molar-refractivity contribution is 5.69. The van der Waals surface area contributed by atoms with Gasteiger partial charge in [0.05, 0.1) is 19.3 Å². The predicted octanol–water partition coefficient (Wildman–Crippen LogP) is 4.67. The normalized spacial score (nSPS) is 44.5. The molecule has 2 aliphatic carbocycles. The summed E-state index contributed by atoms with van der Waals surface area (Å²) in [4.78, 5) is 11.7. The van der Waals surface area contributed by atoms with Crippen LogP contribution in [0, 0.1) is 22.7 Å². The highest BCUT2D eigenvalue weighted by atomic mass is 16.5. The van der Waals surface area contributed by atoms with Crippen LogP contribution in [0.5, 0.6) is 0 Å². The van der Waals surface area contributed by atoms with Crippen LogP contribution in [0.25, 0.3) is 0 Å². The Kier molecular flexibility index (Phi) is 4.67. The first-order chi connectivity index (χ1) is 11.3. The van der Waals surface area contributed by atoms with Crippen molar-refractivity contribution in [3.8, 4) is 0 Å². The number of fused-ring (bicyclic) bond motifs is 3. The highest BCUT2D eigenvalue weighted by Gasteiger charge is 2.60. The number of esters is 1. The third-order valence-electron chi connectivity index (χ3n) is 7.42. The molecule has 2 saturated carbocycles. The lowest BCUT2D eigenvalue weighted by molar-refractivity contribution is -0.142. The monoisotopic (exact) mass is 332 g/mol. The van der Waals surface area contributed by atoms with Crippen molar-refractivity contribution in [2.24, 2.45) is 22.7 Å². The van der Waals surface area contributed by atoms with Crippen molar-refractivity contribution in [1.82, 2.24) is 0 Å². The van der Waals surface area contributed by atoms with Gasteiger partial charge in [0, 0.05) is 6.42 Å². The van der Waals surface area contributed by atoms with Gasteiger partial charge < -0.3 is 9.47 Å². The zero-order valence-corrected chi connectivity index (χ0v) is 15.5. The minimum Gasteiger partial charge on any atom is -0.469 e. The number of methoxy groups -OCH3 is 1. The number of allylic oxidation sites excluding steroid dienone is 1. The zero-order valence-electron chi connectivity index (χ0n) is 15.5. The van der Waals surface area contributed by atoms with Gasteiger partial charge in [-0.25, -0.2) is 0 Å². The van der Waals surface area contributed by atoms with E-state index >= 15 is 0 Å². The maximum absolute atomic E-state index is 11.7. The summed E-state index contributed by atoms with van der Waals surface area (Å²) in [6.07, 6.45) is 9.50. The summed E-state index contributed by atoms with van der Waals surface area (Å²) in [5.41, 5.74) is 1.77. The van der Waals surface area contributed by atoms with Crippen LogP contribution in [-0.4, -0.2) is 25.3 Å². The van der Waals surface area contributed by atoms with Crippen LogP contribution in [0.2, 0.25) is 0 Å². The Hall–Kier alpha value is -1.09. The van der Waals surface area contributed by atoms with Crippen molar-refractivity contribution in [2.45, 2.75) is 71.0 Å². The van der Waals surface area contributed by atoms with Crippen LogP contribution < -0.4 is 0 Å². The molecule has 3 fully saturated rings. The maximum atomic E-state index is 11.7. The molecule has 0 N–H and O–H groups in total. The molecule has 1 heterocycles. The van der Waals surface area contributed by atoms with Gasteiger partial charge in [0.1, 0.15) is 0 Å². The second-order valence-electron chi connectivity index (χ2n) is 8.57. The van der Waals surface area contributed by atoms with Gasteiger partial charge in [-0.1, -0.05) is 32.1 Å². The molecule has 3 rings (SSSR count). The molecule has 0 aromatic heterocycles. The topological polar surface area (TPSA) is 35.5 Å². The molecule has 3 nitrogen and oxygen atoms in total. The first-order valence-electron chi connectivity index (χ1n) is 9.37. The summed E-state index contributed by atoms with van der Waals surface area (Å²) in [5, 5.41) is 0. The van der Waals surface area contributed by atoms with E-state index in [1.165, 1.54) is 19.1 Å². The first kappa shape index (κ1) is 17.7. The predicted molar refractivity (Wildman–Crippen MR) is 95.5 cm³/mol. The van der Waals surface area contributed by atoms with E-state index in [1.54, 1.807) is 0 Å². The molecule has 134 valence electrons. The number of rotatable bonds is 4. The lowest BCUT2D eigenvalue weighted by atomic mass is 9.45. The number of hydrogen-bond donors (Lipinski definition) is 0. The fourth-order valence-corrected chi connectivity index (χ4v) is 6.20. The van der Waals surface area contributed by atoms with E-state index in [2.05, 4.69) is 27.0 Å². The zero-order chi connectivity index (χ0) is 17.5. The molecule has 0 amide bonds. The van der Waals surface area contributed by atoms with Crippen molar-refractivity contribution < 1.29 is 14.3 Å². The molecular formula is C21H32O3. The maximum Gasteiger partial charge on any atom is 0.305 e. The molecule has 0 spiro atoms. The minimum atomic E-state index is -0.107. The highest BCUT2D eigenvalue weighted by Crippen LogP contribution is 2.65. The molecule has 3 heteroatoms. The minimum absolute atomic E-state index is 0.107. The Labute approximate surface area is 146 Å². The van der Waals surface area contributed by atoms with Crippen LogP contribution >= 0.6 is 0 Å². The Morgan fingerprint density at radius 3 is 2.79 bits per heavy atom. The summed E-state index contributed by atoms with van der Waals surface area (Å²) < 4.78 is 11.1. The fourth-order valence-electron chi connectivity index (χ4n) is 6.20. The quantitative estimate of drug-likeness (QED) is 0.554. The molecule has 0 radical (unpaired) electrons. The lowest BCUT2D eigenvalue weighted by Gasteiger charge is -2.59. The average Bonchev–Trinajstić information content (AvgIpc) is 2.90. The molecule has 3 aliphatic rings. The van der Waals surface area contributed by atoms with Gasteiger partial charge in [-0.15, -0.1) is 6.58 Å². The lowest BCUT2D eigenvalue weighted by Crippen LogP contribution is -2.54. The number of ether oxygens (including phenoxy) is 2. The molecule has 0 aromatic rings. The standard InChI is InChI=1S/C21H32O3/c1-6-15-13-21(4)17-9-7-14(2)16(8-10-19(22)23-5)20(17,3)12-11-18(21)24-15/h6,15-18H,1-2,7-13H2,3-5H3/t15?,16?,17-,18+,20-,21+/m1/s1. The average molecular weight is 332 g/mol. The summed E-state index contributed by atoms with van der Waals surface area (Å²) in [5.74, 6) is 0.932. The van der Waals surface area contributed by atoms with Gasteiger partial charge >= 0.3 is 5.97 Å². The Bertz CT molecular complexity index is 539. The number of hydrogen-bond acceptors (Lipinski definition) is 3. The number of carbonyl (C=O) groups excluding carboxylic acids is 1. The van der Waals surface area contributed by atoms with E-state index < -0.39 is 0 Å². The van der Waals surface area contributed by atoms with Gasteiger partial charge in [-0.2, -0.15) is 0 Å². The summed E-state index contributed by atoms with van der Waals surface area (Å²) in [6.45, 7) is 13.2. The van der Waals surface area contributed by atoms with Crippen molar-refractivity contribution in [1.29, 1.82) is 0 Å². The molecular weight excluding hydrogens is 300 g/mol. The van der Waals surface area contributed by atoms with Crippen LogP contribution in [0.3, 0.4) is 0 Å². The van der Waals surface area contributed by atoms with Crippen molar-refractivity contribution >= 4 is 5.97 Å². The van der Waals surface area contributed by atoms with Gasteiger partial charge in [-0.3, -0.25) is 4.79 Å².